The van der Waals surface area contributed by atoms with Gasteiger partial charge in [-0.3, -0.25) is 9.69 Å². The fourth-order valence-corrected chi connectivity index (χ4v) is 3.86. The zero-order valence-electron chi connectivity index (χ0n) is 15.4. The molecule has 1 aromatic heterocycles. The third-order valence-corrected chi connectivity index (χ3v) is 5.04. The van der Waals surface area contributed by atoms with Crippen LogP contribution in [0.2, 0.25) is 0 Å². The molecule has 1 aromatic rings. The van der Waals surface area contributed by atoms with Gasteiger partial charge in [-0.15, -0.1) is 0 Å². The van der Waals surface area contributed by atoms with Crippen molar-refractivity contribution in [2.75, 3.05) is 19.6 Å². The summed E-state index contributed by atoms with van der Waals surface area (Å²) in [6.07, 6.45) is 6.99. The number of carbonyl (C=O) groups excluding carboxylic acids is 1. The molecule has 1 saturated heterocycles. The number of carbonyl (C=O) groups is 1. The molecule has 7 nitrogen and oxygen atoms in total. The molecule has 1 aliphatic heterocycles. The van der Waals surface area contributed by atoms with Crippen LogP contribution in [-0.2, 0) is 16.1 Å². The molecule has 0 aromatic carbocycles. The predicted molar refractivity (Wildman–Crippen MR) is 93.0 cm³/mol. The van der Waals surface area contributed by atoms with Gasteiger partial charge in [-0.05, 0) is 26.7 Å². The number of morpholine rings is 1. The number of amides is 1. The van der Waals surface area contributed by atoms with Gasteiger partial charge in [0, 0.05) is 32.0 Å². The van der Waals surface area contributed by atoms with Gasteiger partial charge in [0.25, 0.3) is 0 Å². The number of nitrogens with zero attached hydrogens (tertiary/aromatic N) is 3. The largest absolute Gasteiger partial charge is 0.373 e. The first-order valence-electron chi connectivity index (χ1n) is 9.57. The van der Waals surface area contributed by atoms with Crippen LogP contribution in [0.3, 0.4) is 0 Å². The van der Waals surface area contributed by atoms with Crippen LogP contribution in [0, 0.1) is 0 Å². The smallest absolute Gasteiger partial charge is 0.246 e. The maximum Gasteiger partial charge on any atom is 0.246 e. The quantitative estimate of drug-likeness (QED) is 0.847. The van der Waals surface area contributed by atoms with Crippen LogP contribution in [0.15, 0.2) is 4.52 Å². The summed E-state index contributed by atoms with van der Waals surface area (Å²) < 4.78 is 11.0. The fraction of sp³-hybridized carbons (Fsp3) is 0.833. The molecule has 2 fully saturated rings. The lowest BCUT2D eigenvalue weighted by atomic mass is 9.89. The second-order valence-corrected chi connectivity index (χ2v) is 7.42. The maximum absolute atomic E-state index is 12.1. The van der Waals surface area contributed by atoms with Crippen molar-refractivity contribution in [2.45, 2.75) is 77.0 Å². The number of hydrogen-bond donors (Lipinski definition) is 1. The van der Waals surface area contributed by atoms with E-state index < -0.39 is 0 Å². The third kappa shape index (κ3) is 5.51. The van der Waals surface area contributed by atoms with Crippen LogP contribution in [0.4, 0.5) is 0 Å². The summed E-state index contributed by atoms with van der Waals surface area (Å²) in [4.78, 5) is 18.8. The molecule has 1 saturated carbocycles. The average molecular weight is 350 g/mol. The van der Waals surface area contributed by atoms with Crippen LogP contribution < -0.4 is 5.32 Å². The van der Waals surface area contributed by atoms with Crippen molar-refractivity contribution in [2.24, 2.45) is 0 Å². The molecule has 0 spiro atoms. The molecule has 7 heteroatoms. The third-order valence-electron chi connectivity index (χ3n) is 5.04. The molecule has 1 amide bonds. The monoisotopic (exact) mass is 350 g/mol. The van der Waals surface area contributed by atoms with Gasteiger partial charge in [-0.25, -0.2) is 0 Å². The Balaban J connectivity index is 1.38. The van der Waals surface area contributed by atoms with E-state index in [9.17, 15) is 4.79 Å². The summed E-state index contributed by atoms with van der Waals surface area (Å²) in [5.41, 5.74) is 0. The van der Waals surface area contributed by atoms with Crippen LogP contribution in [0.1, 0.15) is 70.0 Å². The first kappa shape index (κ1) is 18.3. The summed E-state index contributed by atoms with van der Waals surface area (Å²) in [5.74, 6) is 1.75. The molecule has 0 unspecified atom stereocenters. The summed E-state index contributed by atoms with van der Waals surface area (Å²) in [7, 11) is 0. The number of rotatable bonds is 6. The van der Waals surface area contributed by atoms with E-state index in [1.54, 1.807) is 0 Å². The average Bonchev–Trinajstić information content (AvgIpc) is 3.07. The molecule has 3 rings (SSSR count). The van der Waals surface area contributed by atoms with E-state index >= 15 is 0 Å². The molecule has 2 aliphatic rings. The van der Waals surface area contributed by atoms with Crippen molar-refractivity contribution in [3.63, 3.8) is 0 Å². The van der Waals surface area contributed by atoms with Gasteiger partial charge in [-0.1, -0.05) is 24.4 Å². The van der Waals surface area contributed by atoms with E-state index in [-0.39, 0.29) is 18.1 Å². The summed E-state index contributed by atoms with van der Waals surface area (Å²) >= 11 is 0. The minimum Gasteiger partial charge on any atom is -0.373 e. The predicted octanol–water partition coefficient (Wildman–Crippen LogP) is 2.23. The van der Waals surface area contributed by atoms with E-state index in [2.05, 4.69) is 34.2 Å². The normalized spacial score (nSPS) is 25.8. The van der Waals surface area contributed by atoms with Crippen molar-refractivity contribution in [3.8, 4) is 0 Å². The van der Waals surface area contributed by atoms with Gasteiger partial charge in [0.15, 0.2) is 5.82 Å². The van der Waals surface area contributed by atoms with Crippen LogP contribution in [0.25, 0.3) is 0 Å². The molecule has 1 aliphatic carbocycles. The Bertz CT molecular complexity index is 546. The fourth-order valence-electron chi connectivity index (χ4n) is 3.86. The van der Waals surface area contributed by atoms with Gasteiger partial charge in [0.2, 0.25) is 11.8 Å². The van der Waals surface area contributed by atoms with Gasteiger partial charge < -0.3 is 14.6 Å². The molecule has 1 N–H and O–H groups in total. The van der Waals surface area contributed by atoms with Crippen LogP contribution >= 0.6 is 0 Å². The summed E-state index contributed by atoms with van der Waals surface area (Å²) in [6, 6.07) is 0. The number of hydrogen-bond acceptors (Lipinski definition) is 6. The minimum absolute atomic E-state index is 0.0178. The van der Waals surface area contributed by atoms with E-state index in [0.717, 1.165) is 38.3 Å². The Hall–Kier alpha value is -1.47. The number of aromatic nitrogens is 2. The Labute approximate surface area is 149 Å². The lowest BCUT2D eigenvalue weighted by Gasteiger charge is -2.35. The highest BCUT2D eigenvalue weighted by Gasteiger charge is 2.23. The van der Waals surface area contributed by atoms with Crippen molar-refractivity contribution in [1.82, 2.24) is 20.4 Å². The highest BCUT2D eigenvalue weighted by Crippen LogP contribution is 2.30. The first-order chi connectivity index (χ1) is 12.1. The molecule has 0 bridgehead atoms. The van der Waals surface area contributed by atoms with Crippen molar-refractivity contribution in [1.29, 1.82) is 0 Å². The van der Waals surface area contributed by atoms with Gasteiger partial charge in [0.05, 0.1) is 18.8 Å². The lowest BCUT2D eigenvalue weighted by molar-refractivity contribution is -0.122. The molecular formula is C18H30N4O3. The maximum atomic E-state index is 12.1. The standard InChI is InChI=1S/C18H30N4O3/c1-13-11-22(12-14(2)24-13)9-8-16(23)19-10-17-20-18(21-25-17)15-6-4-3-5-7-15/h13-15H,3-12H2,1-2H3,(H,19,23)/t13-,14+. The molecule has 2 atom stereocenters. The van der Waals surface area contributed by atoms with Gasteiger partial charge >= 0.3 is 0 Å². The Morgan fingerprint density at radius 3 is 2.64 bits per heavy atom. The van der Waals surface area contributed by atoms with E-state index in [4.69, 9.17) is 9.26 Å². The van der Waals surface area contributed by atoms with Crippen LogP contribution in [0.5, 0.6) is 0 Å². The number of ether oxygens (including phenoxy) is 1. The minimum atomic E-state index is 0.0178. The second-order valence-electron chi connectivity index (χ2n) is 7.42. The van der Waals surface area contributed by atoms with Gasteiger partial charge in [-0.2, -0.15) is 4.98 Å². The van der Waals surface area contributed by atoms with Crippen molar-refractivity contribution in [3.05, 3.63) is 11.7 Å². The summed E-state index contributed by atoms with van der Waals surface area (Å²) in [5, 5.41) is 6.98. The van der Waals surface area contributed by atoms with Crippen molar-refractivity contribution >= 4 is 5.91 Å². The molecule has 0 radical (unpaired) electrons. The highest BCUT2D eigenvalue weighted by atomic mass is 16.5. The van der Waals surface area contributed by atoms with Crippen molar-refractivity contribution < 1.29 is 14.1 Å². The molecular weight excluding hydrogens is 320 g/mol. The van der Waals surface area contributed by atoms with Crippen LogP contribution in [-0.4, -0.2) is 52.8 Å². The highest BCUT2D eigenvalue weighted by molar-refractivity contribution is 5.75. The van der Waals surface area contributed by atoms with E-state index in [0.29, 0.717) is 24.8 Å². The second kappa shape index (κ2) is 8.76. The van der Waals surface area contributed by atoms with Gasteiger partial charge in [0.1, 0.15) is 0 Å². The summed E-state index contributed by atoms with van der Waals surface area (Å²) in [6.45, 7) is 6.97. The first-order valence-corrected chi connectivity index (χ1v) is 9.57. The molecule has 140 valence electrons. The number of nitrogens with one attached hydrogen (secondary N) is 1. The Morgan fingerprint density at radius 1 is 1.20 bits per heavy atom. The Morgan fingerprint density at radius 2 is 1.92 bits per heavy atom. The van der Waals surface area contributed by atoms with E-state index in [1.165, 1.54) is 19.3 Å². The Kier molecular flexibility index (Phi) is 6.42. The molecule has 2 heterocycles. The lowest BCUT2D eigenvalue weighted by Crippen LogP contribution is -2.46. The zero-order chi connectivity index (χ0) is 17.6. The zero-order valence-corrected chi connectivity index (χ0v) is 15.4. The molecule has 25 heavy (non-hydrogen) atoms. The van der Waals surface area contributed by atoms with E-state index in [1.807, 2.05) is 0 Å². The SMILES string of the molecule is C[C@@H]1CN(CCC(=O)NCc2nc(C3CCCCC3)no2)C[C@H](C)O1. The topological polar surface area (TPSA) is 80.5 Å².